The van der Waals surface area contributed by atoms with Crippen LogP contribution in [0.25, 0.3) is 0 Å². The van der Waals surface area contributed by atoms with Gasteiger partial charge < -0.3 is 9.84 Å². The van der Waals surface area contributed by atoms with Gasteiger partial charge in [-0.1, -0.05) is 30.1 Å². The normalized spacial score (nSPS) is 13.2. The number of nitrogens with one attached hydrogen (secondary N) is 1. The van der Waals surface area contributed by atoms with E-state index in [9.17, 15) is 8.42 Å². The Morgan fingerprint density at radius 3 is 2.50 bits per heavy atom. The predicted octanol–water partition coefficient (Wildman–Crippen LogP) is 2.44. The summed E-state index contributed by atoms with van der Waals surface area (Å²) in [5.41, 5.74) is 0. The number of aliphatic hydroxyl groups is 1. The fourth-order valence-corrected chi connectivity index (χ4v) is 3.42. The Balaban J connectivity index is 3.27. The van der Waals surface area contributed by atoms with Crippen LogP contribution in [-0.4, -0.2) is 32.8 Å². The van der Waals surface area contributed by atoms with Gasteiger partial charge in [-0.05, 0) is 25.5 Å². The van der Waals surface area contributed by atoms with Crippen LogP contribution in [0.5, 0.6) is 5.75 Å². The zero-order valence-electron chi connectivity index (χ0n) is 11.2. The number of sulfonamides is 1. The Kier molecular flexibility index (Phi) is 6.54. The number of benzene rings is 1. The smallest absolute Gasteiger partial charge is 0.244 e. The summed E-state index contributed by atoms with van der Waals surface area (Å²) in [6, 6.07) is 2.15. The first-order valence-corrected chi connectivity index (χ1v) is 8.35. The summed E-state index contributed by atoms with van der Waals surface area (Å²) in [5, 5.41) is 9.36. The first kappa shape index (κ1) is 17.5. The summed E-state index contributed by atoms with van der Waals surface area (Å²) in [5.74, 6) is 0.0157. The van der Waals surface area contributed by atoms with E-state index < -0.39 is 16.1 Å². The molecule has 1 aromatic rings. The number of hydrogen-bond acceptors (Lipinski definition) is 4. The third-order valence-electron chi connectivity index (χ3n) is 2.63. The molecule has 20 heavy (non-hydrogen) atoms. The van der Waals surface area contributed by atoms with Gasteiger partial charge in [-0.25, -0.2) is 13.1 Å². The van der Waals surface area contributed by atoms with Gasteiger partial charge in [0, 0.05) is 6.04 Å². The largest absolute Gasteiger partial charge is 0.491 e. The van der Waals surface area contributed by atoms with Crippen molar-refractivity contribution in [2.24, 2.45) is 0 Å². The molecular formula is C12H17Cl2NO4S. The molecule has 0 amide bonds. The molecule has 1 rings (SSSR count). The summed E-state index contributed by atoms with van der Waals surface area (Å²) in [6.07, 6.45) is 0.459. The molecule has 0 aliphatic heterocycles. The average Bonchev–Trinajstić information content (AvgIpc) is 2.41. The van der Waals surface area contributed by atoms with Gasteiger partial charge in [-0.15, -0.1) is 0 Å². The molecule has 114 valence electrons. The monoisotopic (exact) mass is 341 g/mol. The molecule has 0 heterocycles. The molecular weight excluding hydrogens is 325 g/mol. The van der Waals surface area contributed by atoms with Crippen molar-refractivity contribution in [2.45, 2.75) is 31.2 Å². The summed E-state index contributed by atoms with van der Waals surface area (Å²) in [6.45, 7) is 3.44. The molecule has 8 heteroatoms. The van der Waals surface area contributed by atoms with E-state index in [-0.39, 0.29) is 33.9 Å². The third-order valence-corrected chi connectivity index (χ3v) is 4.96. The lowest BCUT2D eigenvalue weighted by atomic mass is 10.3. The first-order chi connectivity index (χ1) is 9.37. The molecule has 0 saturated heterocycles. The maximum Gasteiger partial charge on any atom is 0.244 e. The van der Waals surface area contributed by atoms with E-state index in [1.165, 1.54) is 12.1 Å². The van der Waals surface area contributed by atoms with Crippen molar-refractivity contribution in [2.75, 3.05) is 13.2 Å². The zero-order chi connectivity index (χ0) is 15.3. The minimum atomic E-state index is -3.85. The summed E-state index contributed by atoms with van der Waals surface area (Å²) < 4.78 is 32.3. The molecule has 1 unspecified atom stereocenters. The van der Waals surface area contributed by atoms with Crippen molar-refractivity contribution in [3.05, 3.63) is 22.2 Å². The van der Waals surface area contributed by atoms with Crippen molar-refractivity contribution in [1.29, 1.82) is 0 Å². The lowest BCUT2D eigenvalue weighted by Gasteiger charge is -2.17. The second kappa shape index (κ2) is 7.47. The molecule has 2 N–H and O–H groups in total. The second-order valence-electron chi connectivity index (χ2n) is 4.03. The van der Waals surface area contributed by atoms with E-state index in [1.54, 1.807) is 13.8 Å². The van der Waals surface area contributed by atoms with Crippen LogP contribution in [0.15, 0.2) is 17.0 Å². The van der Waals surface area contributed by atoms with Gasteiger partial charge in [0.25, 0.3) is 0 Å². The van der Waals surface area contributed by atoms with Crippen LogP contribution in [0.2, 0.25) is 10.0 Å². The van der Waals surface area contributed by atoms with Crippen LogP contribution in [0.4, 0.5) is 0 Å². The molecule has 0 aliphatic carbocycles. The molecule has 0 saturated carbocycles. The summed E-state index contributed by atoms with van der Waals surface area (Å²) >= 11 is 11.9. The van der Waals surface area contributed by atoms with Gasteiger partial charge in [0.15, 0.2) is 5.75 Å². The Morgan fingerprint density at radius 1 is 1.35 bits per heavy atom. The minimum Gasteiger partial charge on any atom is -0.491 e. The van der Waals surface area contributed by atoms with E-state index in [0.717, 1.165) is 0 Å². The Bertz CT molecular complexity index is 559. The third kappa shape index (κ3) is 3.99. The van der Waals surface area contributed by atoms with E-state index >= 15 is 0 Å². The van der Waals surface area contributed by atoms with E-state index in [1.807, 2.05) is 0 Å². The summed E-state index contributed by atoms with van der Waals surface area (Å²) in [4.78, 5) is -0.0966. The topological polar surface area (TPSA) is 75.6 Å². The van der Waals surface area contributed by atoms with Gasteiger partial charge in [-0.2, -0.15) is 0 Å². The van der Waals surface area contributed by atoms with Crippen molar-refractivity contribution in [3.63, 3.8) is 0 Å². The molecule has 1 atom stereocenters. The van der Waals surface area contributed by atoms with Gasteiger partial charge in [0.1, 0.15) is 9.92 Å². The molecule has 0 bridgehead atoms. The minimum absolute atomic E-state index is 0.0157. The maximum absolute atomic E-state index is 12.3. The highest BCUT2D eigenvalue weighted by molar-refractivity contribution is 7.89. The molecule has 0 aromatic heterocycles. The number of halogens is 2. The highest BCUT2D eigenvalue weighted by Crippen LogP contribution is 2.37. The highest BCUT2D eigenvalue weighted by Gasteiger charge is 2.25. The molecule has 0 radical (unpaired) electrons. The van der Waals surface area contributed by atoms with E-state index in [2.05, 4.69) is 4.72 Å². The van der Waals surface area contributed by atoms with Crippen LogP contribution in [0.3, 0.4) is 0 Å². The SMILES string of the molecule is CCOc1c(S(=O)(=O)NC(CC)CO)ccc(Cl)c1Cl. The van der Waals surface area contributed by atoms with E-state index in [4.69, 9.17) is 33.0 Å². The molecule has 0 aliphatic rings. The molecule has 1 aromatic carbocycles. The van der Waals surface area contributed by atoms with Crippen molar-refractivity contribution >= 4 is 33.2 Å². The van der Waals surface area contributed by atoms with Crippen LogP contribution in [0, 0.1) is 0 Å². The van der Waals surface area contributed by atoms with Gasteiger partial charge in [0.05, 0.1) is 18.2 Å². The average molecular weight is 342 g/mol. The molecule has 0 spiro atoms. The van der Waals surface area contributed by atoms with Crippen LogP contribution < -0.4 is 9.46 Å². The van der Waals surface area contributed by atoms with Crippen LogP contribution >= 0.6 is 23.2 Å². The van der Waals surface area contributed by atoms with E-state index in [0.29, 0.717) is 6.42 Å². The number of ether oxygens (including phenoxy) is 1. The number of aliphatic hydroxyl groups excluding tert-OH is 1. The fourth-order valence-electron chi connectivity index (χ4n) is 1.54. The highest BCUT2D eigenvalue weighted by atomic mass is 35.5. The number of rotatable bonds is 7. The molecule has 0 fully saturated rings. The standard InChI is InChI=1S/C12H17Cl2NO4S/c1-3-8(7-16)15-20(17,18)10-6-5-9(13)11(14)12(10)19-4-2/h5-6,8,15-16H,3-4,7H2,1-2H3. The lowest BCUT2D eigenvalue weighted by Crippen LogP contribution is -2.37. The fraction of sp³-hybridized carbons (Fsp3) is 0.500. The van der Waals surface area contributed by atoms with Gasteiger partial charge >= 0.3 is 0 Å². The quantitative estimate of drug-likeness (QED) is 0.798. The van der Waals surface area contributed by atoms with Gasteiger partial charge in [0.2, 0.25) is 10.0 Å². The van der Waals surface area contributed by atoms with Crippen LogP contribution in [0.1, 0.15) is 20.3 Å². The summed E-state index contributed by atoms with van der Waals surface area (Å²) in [7, 11) is -3.85. The van der Waals surface area contributed by atoms with Crippen LogP contribution in [-0.2, 0) is 10.0 Å². The molecule has 5 nitrogen and oxygen atoms in total. The Hall–Kier alpha value is -0.530. The second-order valence-corrected chi connectivity index (χ2v) is 6.50. The Labute approximate surface area is 128 Å². The van der Waals surface area contributed by atoms with Crippen molar-refractivity contribution in [3.8, 4) is 5.75 Å². The Morgan fingerprint density at radius 2 is 2.00 bits per heavy atom. The number of hydrogen-bond donors (Lipinski definition) is 2. The van der Waals surface area contributed by atoms with Crippen molar-refractivity contribution in [1.82, 2.24) is 4.72 Å². The van der Waals surface area contributed by atoms with Gasteiger partial charge in [-0.3, -0.25) is 0 Å². The first-order valence-electron chi connectivity index (χ1n) is 6.11. The zero-order valence-corrected chi connectivity index (χ0v) is 13.5. The maximum atomic E-state index is 12.3. The predicted molar refractivity (Wildman–Crippen MR) is 79.1 cm³/mol. The lowest BCUT2D eigenvalue weighted by molar-refractivity contribution is 0.253. The van der Waals surface area contributed by atoms with Crippen molar-refractivity contribution < 1.29 is 18.3 Å².